The molecule has 24 heavy (non-hydrogen) atoms. The van der Waals surface area contributed by atoms with Gasteiger partial charge in [0.2, 0.25) is 11.8 Å². The lowest BCUT2D eigenvalue weighted by Gasteiger charge is -2.07. The zero-order valence-corrected chi connectivity index (χ0v) is 15.4. The molecule has 0 bridgehead atoms. The maximum atomic E-state index is 11.9. The van der Waals surface area contributed by atoms with Crippen molar-refractivity contribution in [3.05, 3.63) is 53.6 Å². The predicted octanol–water partition coefficient (Wildman–Crippen LogP) is 4.37. The van der Waals surface area contributed by atoms with E-state index in [0.29, 0.717) is 10.7 Å². The molecule has 0 saturated heterocycles. The van der Waals surface area contributed by atoms with Gasteiger partial charge in [-0.15, -0.1) is 23.5 Å². The Hall–Kier alpha value is -1.63. The van der Waals surface area contributed by atoms with Crippen LogP contribution in [0.2, 0.25) is 5.02 Å². The Morgan fingerprint density at radius 2 is 1.33 bits per heavy atom. The highest BCUT2D eigenvalue weighted by Crippen LogP contribution is 2.18. The smallest absolute Gasteiger partial charge is 0.234 e. The summed E-state index contributed by atoms with van der Waals surface area (Å²) in [5.74, 6) is 0.149. The molecule has 0 spiro atoms. The van der Waals surface area contributed by atoms with Gasteiger partial charge in [-0.1, -0.05) is 11.6 Å². The first kappa shape index (κ1) is 18.7. The van der Waals surface area contributed by atoms with Gasteiger partial charge in [0.1, 0.15) is 0 Å². The Labute approximate surface area is 154 Å². The van der Waals surface area contributed by atoms with Gasteiger partial charge in [0.15, 0.2) is 0 Å². The number of carbonyl (C=O) groups is 2. The third kappa shape index (κ3) is 6.47. The molecule has 0 aliphatic rings. The standard InChI is InChI=1S/C17H17ClN2O2S2/c1-23-15-8-6-14(7-9-15)20-17(22)11-24-10-16(21)19-13-4-2-12(18)3-5-13/h2-9H,10-11H2,1H3,(H,19,21)(H,20,22). The van der Waals surface area contributed by atoms with Crippen LogP contribution >= 0.6 is 35.1 Å². The minimum atomic E-state index is -0.153. The molecule has 0 aromatic heterocycles. The molecule has 0 unspecified atom stereocenters. The minimum absolute atomic E-state index is 0.129. The first-order valence-electron chi connectivity index (χ1n) is 7.14. The summed E-state index contributed by atoms with van der Waals surface area (Å²) in [6, 6.07) is 14.5. The number of carbonyl (C=O) groups excluding carboxylic acids is 2. The molecule has 0 saturated carbocycles. The first-order valence-corrected chi connectivity index (χ1v) is 9.89. The van der Waals surface area contributed by atoms with Crippen LogP contribution in [-0.2, 0) is 9.59 Å². The normalized spacial score (nSPS) is 10.2. The van der Waals surface area contributed by atoms with Crippen LogP contribution in [-0.4, -0.2) is 29.6 Å². The highest BCUT2D eigenvalue weighted by molar-refractivity contribution is 8.00. The van der Waals surface area contributed by atoms with Crippen LogP contribution in [0.5, 0.6) is 0 Å². The van der Waals surface area contributed by atoms with Gasteiger partial charge in [0.25, 0.3) is 0 Å². The monoisotopic (exact) mass is 380 g/mol. The molecule has 0 radical (unpaired) electrons. The van der Waals surface area contributed by atoms with Gasteiger partial charge in [-0.05, 0) is 54.8 Å². The van der Waals surface area contributed by atoms with Crippen molar-refractivity contribution in [1.29, 1.82) is 0 Å². The molecule has 0 aliphatic carbocycles. The lowest BCUT2D eigenvalue weighted by molar-refractivity contribution is -0.114. The number of halogens is 1. The number of amides is 2. The second-order valence-electron chi connectivity index (χ2n) is 4.82. The van der Waals surface area contributed by atoms with Gasteiger partial charge in [-0.3, -0.25) is 9.59 Å². The quantitative estimate of drug-likeness (QED) is 0.700. The summed E-state index contributed by atoms with van der Waals surface area (Å²) < 4.78 is 0. The van der Waals surface area contributed by atoms with Gasteiger partial charge < -0.3 is 10.6 Å². The van der Waals surface area contributed by atoms with E-state index >= 15 is 0 Å². The molecule has 0 atom stereocenters. The highest BCUT2D eigenvalue weighted by Gasteiger charge is 2.07. The van der Waals surface area contributed by atoms with Crippen LogP contribution in [0.25, 0.3) is 0 Å². The van der Waals surface area contributed by atoms with Crippen molar-refractivity contribution < 1.29 is 9.59 Å². The summed E-state index contributed by atoms with van der Waals surface area (Å²) in [5.41, 5.74) is 1.44. The highest BCUT2D eigenvalue weighted by atomic mass is 35.5. The van der Waals surface area contributed by atoms with E-state index in [0.717, 1.165) is 10.6 Å². The maximum absolute atomic E-state index is 11.9. The largest absolute Gasteiger partial charge is 0.325 e. The molecule has 2 aromatic carbocycles. The number of thioether (sulfide) groups is 2. The topological polar surface area (TPSA) is 58.2 Å². The molecule has 126 valence electrons. The fraction of sp³-hybridized carbons (Fsp3) is 0.176. The van der Waals surface area contributed by atoms with Crippen molar-refractivity contribution in [1.82, 2.24) is 0 Å². The summed E-state index contributed by atoms with van der Waals surface area (Å²) >= 11 is 8.70. The summed E-state index contributed by atoms with van der Waals surface area (Å²) in [4.78, 5) is 24.8. The van der Waals surface area contributed by atoms with E-state index in [4.69, 9.17) is 11.6 Å². The van der Waals surface area contributed by atoms with Crippen molar-refractivity contribution in [3.8, 4) is 0 Å². The molecule has 4 nitrogen and oxygen atoms in total. The second-order valence-corrected chi connectivity index (χ2v) is 7.13. The average Bonchev–Trinajstić information content (AvgIpc) is 2.57. The molecule has 0 fully saturated rings. The first-order chi connectivity index (χ1) is 11.6. The number of rotatable bonds is 7. The van der Waals surface area contributed by atoms with E-state index in [9.17, 15) is 9.59 Å². The fourth-order valence-electron chi connectivity index (χ4n) is 1.84. The number of nitrogens with one attached hydrogen (secondary N) is 2. The van der Waals surface area contributed by atoms with Crippen LogP contribution in [0.4, 0.5) is 11.4 Å². The van der Waals surface area contributed by atoms with Crippen LogP contribution in [0.15, 0.2) is 53.4 Å². The van der Waals surface area contributed by atoms with Gasteiger partial charge >= 0.3 is 0 Å². The van der Waals surface area contributed by atoms with Gasteiger partial charge in [-0.2, -0.15) is 0 Å². The lowest BCUT2D eigenvalue weighted by atomic mass is 10.3. The van der Waals surface area contributed by atoms with E-state index < -0.39 is 0 Å². The Bertz CT molecular complexity index is 691. The Morgan fingerprint density at radius 3 is 1.79 bits per heavy atom. The molecule has 2 rings (SSSR count). The maximum Gasteiger partial charge on any atom is 0.234 e. The number of benzene rings is 2. The third-order valence-electron chi connectivity index (χ3n) is 2.97. The molecule has 2 amide bonds. The van der Waals surface area contributed by atoms with E-state index in [1.807, 2.05) is 30.5 Å². The molecule has 0 aliphatic heterocycles. The van der Waals surface area contributed by atoms with Crippen molar-refractivity contribution >= 4 is 58.3 Å². The summed E-state index contributed by atoms with van der Waals surface area (Å²) in [7, 11) is 0. The molecular formula is C17H17ClN2O2S2. The number of anilines is 2. The molecule has 0 heterocycles. The average molecular weight is 381 g/mol. The molecule has 2 N–H and O–H groups in total. The van der Waals surface area contributed by atoms with E-state index in [1.54, 1.807) is 36.0 Å². The third-order valence-corrected chi connectivity index (χ3v) is 4.90. The van der Waals surface area contributed by atoms with Crippen LogP contribution in [0.3, 0.4) is 0 Å². The SMILES string of the molecule is CSc1ccc(NC(=O)CSCC(=O)Nc2ccc(Cl)cc2)cc1. The fourth-order valence-corrected chi connectivity index (χ4v) is 2.99. The van der Waals surface area contributed by atoms with E-state index in [1.165, 1.54) is 11.8 Å². The van der Waals surface area contributed by atoms with Crippen LogP contribution in [0.1, 0.15) is 0 Å². The van der Waals surface area contributed by atoms with Crippen LogP contribution in [0, 0.1) is 0 Å². The Kier molecular flexibility index (Phi) is 7.49. The lowest BCUT2D eigenvalue weighted by Crippen LogP contribution is -2.18. The number of hydrogen-bond donors (Lipinski definition) is 2. The van der Waals surface area contributed by atoms with Gasteiger partial charge in [0, 0.05) is 21.3 Å². The molecular weight excluding hydrogens is 364 g/mol. The van der Waals surface area contributed by atoms with Crippen LogP contribution < -0.4 is 10.6 Å². The van der Waals surface area contributed by atoms with Crippen molar-refractivity contribution in [2.24, 2.45) is 0 Å². The second kappa shape index (κ2) is 9.61. The summed E-state index contributed by atoms with van der Waals surface area (Å²) in [6.45, 7) is 0. The Morgan fingerprint density at radius 1 is 0.875 bits per heavy atom. The summed E-state index contributed by atoms with van der Waals surface area (Å²) in [6.07, 6.45) is 2.00. The van der Waals surface area contributed by atoms with Crippen molar-refractivity contribution in [2.75, 3.05) is 28.4 Å². The zero-order chi connectivity index (χ0) is 17.4. The zero-order valence-electron chi connectivity index (χ0n) is 13.0. The van der Waals surface area contributed by atoms with E-state index in [-0.39, 0.29) is 23.3 Å². The predicted molar refractivity (Wildman–Crippen MR) is 104 cm³/mol. The van der Waals surface area contributed by atoms with Gasteiger partial charge in [0.05, 0.1) is 11.5 Å². The Balaban J connectivity index is 1.69. The van der Waals surface area contributed by atoms with Crippen molar-refractivity contribution in [3.63, 3.8) is 0 Å². The number of hydrogen-bond acceptors (Lipinski definition) is 4. The van der Waals surface area contributed by atoms with Gasteiger partial charge in [-0.25, -0.2) is 0 Å². The molecule has 2 aromatic rings. The van der Waals surface area contributed by atoms with E-state index in [2.05, 4.69) is 10.6 Å². The summed E-state index contributed by atoms with van der Waals surface area (Å²) in [5, 5.41) is 6.18. The van der Waals surface area contributed by atoms with Crippen molar-refractivity contribution in [2.45, 2.75) is 4.90 Å². The minimum Gasteiger partial charge on any atom is -0.325 e. The molecule has 7 heteroatoms.